The van der Waals surface area contributed by atoms with Crippen LogP contribution in [-0.4, -0.2) is 21.1 Å². The van der Waals surface area contributed by atoms with Gasteiger partial charge in [0.25, 0.3) is 0 Å². The fourth-order valence-electron chi connectivity index (χ4n) is 2.10. The third-order valence-corrected chi connectivity index (χ3v) is 2.86. The number of nitrogens with zero attached hydrogens (tertiary/aromatic N) is 3. The van der Waals surface area contributed by atoms with Crippen LogP contribution in [-0.2, 0) is 17.9 Å². The van der Waals surface area contributed by atoms with Crippen molar-refractivity contribution in [1.29, 1.82) is 0 Å². The molecule has 0 unspecified atom stereocenters. The van der Waals surface area contributed by atoms with E-state index in [-0.39, 0.29) is 0 Å². The molecular weight excluding hydrogens is 214 g/mol. The van der Waals surface area contributed by atoms with Crippen LogP contribution >= 0.6 is 0 Å². The topological polar surface area (TPSA) is 39.9 Å². The van der Waals surface area contributed by atoms with Gasteiger partial charge in [0.1, 0.15) is 12.4 Å². The van der Waals surface area contributed by atoms with E-state index in [2.05, 4.69) is 21.1 Å². The van der Waals surface area contributed by atoms with E-state index in [1.54, 1.807) is 12.3 Å². The van der Waals surface area contributed by atoms with Crippen molar-refractivity contribution in [3.05, 3.63) is 42.5 Å². The number of hydrogen-bond donors (Lipinski definition) is 0. The van der Waals surface area contributed by atoms with E-state index in [0.29, 0.717) is 6.61 Å². The van der Waals surface area contributed by atoms with E-state index < -0.39 is 0 Å². The van der Waals surface area contributed by atoms with E-state index in [1.807, 2.05) is 18.2 Å². The first-order valence-electron chi connectivity index (χ1n) is 5.61. The van der Waals surface area contributed by atoms with Gasteiger partial charge in [-0.25, -0.2) is 4.98 Å². The van der Waals surface area contributed by atoms with Crippen LogP contribution < -0.4 is 0 Å². The smallest absolute Gasteiger partial charge is 0.136 e. The number of ether oxygens (including phenoxy) is 1. The minimum Gasteiger partial charge on any atom is -0.372 e. The average Bonchev–Trinajstić information content (AvgIpc) is 2.78. The molecule has 0 aliphatic carbocycles. The lowest BCUT2D eigenvalue weighted by molar-refractivity contribution is 0.0821. The van der Waals surface area contributed by atoms with Crippen LogP contribution in [0.4, 0.5) is 0 Å². The third-order valence-electron chi connectivity index (χ3n) is 2.86. The molecule has 4 heteroatoms. The second-order valence-corrected chi connectivity index (χ2v) is 3.89. The molecule has 0 amide bonds. The molecule has 0 atom stereocenters. The van der Waals surface area contributed by atoms with E-state index >= 15 is 0 Å². The van der Waals surface area contributed by atoms with Crippen LogP contribution in [0.15, 0.2) is 31.0 Å². The molecule has 0 saturated heterocycles. The summed E-state index contributed by atoms with van der Waals surface area (Å²) in [6, 6.07) is 5.88. The van der Waals surface area contributed by atoms with Crippen LogP contribution in [0.25, 0.3) is 17.5 Å². The molecule has 1 aliphatic heterocycles. The molecule has 4 nitrogen and oxygen atoms in total. The first-order valence-corrected chi connectivity index (χ1v) is 5.61. The van der Waals surface area contributed by atoms with Crippen LogP contribution in [0.5, 0.6) is 0 Å². The zero-order chi connectivity index (χ0) is 11.7. The summed E-state index contributed by atoms with van der Waals surface area (Å²) in [6.07, 6.45) is 3.57. The van der Waals surface area contributed by atoms with Gasteiger partial charge in [-0.05, 0) is 18.2 Å². The van der Waals surface area contributed by atoms with Crippen molar-refractivity contribution < 1.29 is 4.74 Å². The van der Waals surface area contributed by atoms with Crippen LogP contribution in [0.1, 0.15) is 11.5 Å². The third kappa shape index (κ3) is 1.66. The van der Waals surface area contributed by atoms with Crippen LogP contribution in [0.3, 0.4) is 0 Å². The van der Waals surface area contributed by atoms with Gasteiger partial charge in [-0.15, -0.1) is 0 Å². The summed E-state index contributed by atoms with van der Waals surface area (Å²) in [6.45, 7) is 5.92. The van der Waals surface area contributed by atoms with Crippen molar-refractivity contribution in [2.75, 3.05) is 6.61 Å². The molecule has 3 heterocycles. The summed E-state index contributed by atoms with van der Waals surface area (Å²) in [4.78, 5) is 8.91. The van der Waals surface area contributed by atoms with E-state index in [4.69, 9.17) is 4.74 Å². The first-order chi connectivity index (χ1) is 8.40. The summed E-state index contributed by atoms with van der Waals surface area (Å²) in [5.74, 6) is 0.951. The fraction of sp³-hybridized carbons (Fsp3) is 0.231. The summed E-state index contributed by atoms with van der Waals surface area (Å²) in [5.41, 5.74) is 2.85. The van der Waals surface area contributed by atoms with Gasteiger partial charge in [0.05, 0.1) is 23.7 Å². The Balaban J connectivity index is 2.20. The average molecular weight is 227 g/mol. The Kier molecular flexibility index (Phi) is 2.49. The Morgan fingerprint density at radius 2 is 2.35 bits per heavy atom. The van der Waals surface area contributed by atoms with Gasteiger partial charge in [-0.2, -0.15) is 0 Å². The molecule has 0 bridgehead atoms. The maximum Gasteiger partial charge on any atom is 0.136 e. The second-order valence-electron chi connectivity index (χ2n) is 3.89. The largest absolute Gasteiger partial charge is 0.372 e. The van der Waals surface area contributed by atoms with Crippen molar-refractivity contribution in [3.8, 4) is 11.4 Å². The summed E-state index contributed by atoms with van der Waals surface area (Å²) < 4.78 is 7.58. The van der Waals surface area contributed by atoms with Gasteiger partial charge in [-0.3, -0.25) is 4.98 Å². The Hall–Kier alpha value is -1.94. The van der Waals surface area contributed by atoms with Crippen molar-refractivity contribution in [1.82, 2.24) is 14.5 Å². The number of pyridine rings is 1. The monoisotopic (exact) mass is 227 g/mol. The lowest BCUT2D eigenvalue weighted by atomic mass is 10.2. The van der Waals surface area contributed by atoms with Gasteiger partial charge < -0.3 is 9.30 Å². The standard InChI is InChI=1S/C13H13N3O/c1-2-10-13(11-5-3-4-6-14-11)16-7-8-17-9-12(16)15-10/h2-6H,1,7-9H2. The maximum atomic E-state index is 5.41. The van der Waals surface area contributed by atoms with Crippen molar-refractivity contribution in [3.63, 3.8) is 0 Å². The van der Waals surface area contributed by atoms with Gasteiger partial charge in [0.2, 0.25) is 0 Å². The molecule has 0 spiro atoms. The van der Waals surface area contributed by atoms with Gasteiger partial charge in [-0.1, -0.05) is 12.6 Å². The van der Waals surface area contributed by atoms with E-state index in [1.165, 1.54) is 0 Å². The molecule has 2 aromatic rings. The quantitative estimate of drug-likeness (QED) is 0.789. The SMILES string of the molecule is C=Cc1nc2n(c1-c1ccccn1)CCOC2. The van der Waals surface area contributed by atoms with E-state index in [0.717, 1.165) is 36.1 Å². The number of rotatable bonds is 2. The molecule has 0 aromatic carbocycles. The molecule has 1 aliphatic rings. The zero-order valence-corrected chi connectivity index (χ0v) is 9.47. The second kappa shape index (κ2) is 4.14. The number of fused-ring (bicyclic) bond motifs is 1. The highest BCUT2D eigenvalue weighted by molar-refractivity contribution is 5.67. The highest BCUT2D eigenvalue weighted by Gasteiger charge is 2.20. The maximum absolute atomic E-state index is 5.41. The number of imidazole rings is 1. The molecule has 0 saturated carbocycles. The zero-order valence-electron chi connectivity index (χ0n) is 9.47. The molecular formula is C13H13N3O. The lowest BCUT2D eigenvalue weighted by Gasteiger charge is -2.16. The molecule has 0 N–H and O–H groups in total. The highest BCUT2D eigenvalue weighted by atomic mass is 16.5. The molecule has 3 rings (SSSR count). The van der Waals surface area contributed by atoms with Crippen molar-refractivity contribution >= 4 is 6.08 Å². The van der Waals surface area contributed by atoms with Gasteiger partial charge in [0.15, 0.2) is 0 Å². The van der Waals surface area contributed by atoms with E-state index in [9.17, 15) is 0 Å². The molecule has 0 radical (unpaired) electrons. The summed E-state index contributed by atoms with van der Waals surface area (Å²) in [7, 11) is 0. The number of aromatic nitrogens is 3. The summed E-state index contributed by atoms with van der Waals surface area (Å²) >= 11 is 0. The lowest BCUT2D eigenvalue weighted by Crippen LogP contribution is -2.17. The molecule has 17 heavy (non-hydrogen) atoms. The molecule has 0 fully saturated rings. The Morgan fingerprint density at radius 1 is 1.41 bits per heavy atom. The number of hydrogen-bond acceptors (Lipinski definition) is 3. The van der Waals surface area contributed by atoms with Crippen LogP contribution in [0.2, 0.25) is 0 Å². The van der Waals surface area contributed by atoms with Crippen molar-refractivity contribution in [2.45, 2.75) is 13.2 Å². The predicted molar refractivity (Wildman–Crippen MR) is 65.2 cm³/mol. The van der Waals surface area contributed by atoms with Gasteiger partial charge in [0, 0.05) is 12.7 Å². The summed E-state index contributed by atoms with van der Waals surface area (Å²) in [5, 5.41) is 0. The highest BCUT2D eigenvalue weighted by Crippen LogP contribution is 2.26. The minimum atomic E-state index is 0.563. The normalized spacial score (nSPS) is 14.4. The molecule has 2 aromatic heterocycles. The fourth-order valence-corrected chi connectivity index (χ4v) is 2.10. The van der Waals surface area contributed by atoms with Crippen molar-refractivity contribution in [2.24, 2.45) is 0 Å². The first kappa shape index (κ1) is 10.2. The van der Waals surface area contributed by atoms with Crippen LogP contribution in [0, 0.1) is 0 Å². The Labute approximate surface area is 99.6 Å². The Morgan fingerprint density at radius 3 is 3.12 bits per heavy atom. The minimum absolute atomic E-state index is 0.563. The molecule has 86 valence electrons. The Bertz CT molecular complexity index is 545. The predicted octanol–water partition coefficient (Wildman–Crippen LogP) is 2.12. The van der Waals surface area contributed by atoms with Gasteiger partial charge >= 0.3 is 0 Å².